The Morgan fingerprint density at radius 2 is 1.57 bits per heavy atom. The number of aromatic nitrogens is 1. The van der Waals surface area contributed by atoms with Crippen molar-refractivity contribution in [2.24, 2.45) is 5.41 Å². The second kappa shape index (κ2) is 10.3. The van der Waals surface area contributed by atoms with Gasteiger partial charge in [-0.1, -0.05) is 60.7 Å². The summed E-state index contributed by atoms with van der Waals surface area (Å²) in [5, 5.41) is 5.67. The Morgan fingerprint density at radius 3 is 2.23 bits per heavy atom. The average molecular weight is 551 g/mol. The van der Waals surface area contributed by atoms with Gasteiger partial charge in [0.1, 0.15) is 0 Å². The maximum atomic E-state index is 14.0. The first-order valence-corrected chi connectivity index (χ1v) is 14.6. The molecule has 40 heavy (non-hydrogen) atoms. The van der Waals surface area contributed by atoms with E-state index in [-0.39, 0.29) is 23.7 Å². The molecule has 1 atom stereocenters. The van der Waals surface area contributed by atoms with Crippen molar-refractivity contribution in [1.29, 1.82) is 0 Å². The van der Waals surface area contributed by atoms with Crippen LogP contribution in [0, 0.1) is 5.41 Å². The van der Waals surface area contributed by atoms with Gasteiger partial charge in [0.25, 0.3) is 5.91 Å². The maximum Gasteiger partial charge on any atom is 0.253 e. The van der Waals surface area contributed by atoms with E-state index in [1.54, 1.807) is 4.90 Å². The molecule has 2 bridgehead atoms. The summed E-state index contributed by atoms with van der Waals surface area (Å²) in [7, 11) is 5.81. The first kappa shape index (κ1) is 26.4. The van der Waals surface area contributed by atoms with Gasteiger partial charge in [-0.05, 0) is 61.8 Å². The van der Waals surface area contributed by atoms with Gasteiger partial charge in [0.15, 0.2) is 5.13 Å². The fraction of sp³-hybridized carbons (Fsp3) is 0.303. The van der Waals surface area contributed by atoms with Gasteiger partial charge >= 0.3 is 0 Å². The highest BCUT2D eigenvalue weighted by Gasteiger charge is 2.54. The van der Waals surface area contributed by atoms with Crippen LogP contribution < -0.4 is 5.32 Å². The lowest BCUT2D eigenvalue weighted by Crippen LogP contribution is -2.47. The van der Waals surface area contributed by atoms with Crippen molar-refractivity contribution in [3.63, 3.8) is 0 Å². The lowest BCUT2D eigenvalue weighted by molar-refractivity contribution is -0.126. The van der Waals surface area contributed by atoms with Gasteiger partial charge in [0.2, 0.25) is 5.91 Å². The van der Waals surface area contributed by atoms with E-state index in [1.165, 1.54) is 33.6 Å². The monoisotopic (exact) mass is 550 g/mol. The third-order valence-electron chi connectivity index (χ3n) is 8.51. The summed E-state index contributed by atoms with van der Waals surface area (Å²) in [6, 6.07) is 24.7. The van der Waals surface area contributed by atoms with Crippen LogP contribution in [0.5, 0.6) is 0 Å². The minimum absolute atomic E-state index is 0.00106. The molecular formula is C33H34N4O2S. The molecule has 1 aromatic heterocycles. The third-order valence-corrected chi connectivity index (χ3v) is 9.27. The predicted octanol–water partition coefficient (Wildman–Crippen LogP) is 6.07. The zero-order valence-corrected chi connectivity index (χ0v) is 24.2. The van der Waals surface area contributed by atoms with Gasteiger partial charge in [0.05, 0.1) is 11.1 Å². The van der Waals surface area contributed by atoms with E-state index in [0.29, 0.717) is 17.2 Å². The number of amides is 2. The molecule has 0 saturated heterocycles. The molecule has 7 heteroatoms. The second-order valence-corrected chi connectivity index (χ2v) is 12.3. The smallest absolute Gasteiger partial charge is 0.253 e. The Labute approximate surface area is 239 Å². The van der Waals surface area contributed by atoms with Crippen LogP contribution in [0.4, 0.5) is 5.13 Å². The molecule has 3 aliphatic rings. The number of carbonyl (C=O) groups excluding carboxylic acids is 2. The van der Waals surface area contributed by atoms with Crippen LogP contribution >= 0.6 is 11.3 Å². The minimum Gasteiger partial charge on any atom is -0.340 e. The normalized spacial score (nSPS) is 20.6. The Hall–Kier alpha value is -3.81. The number of likely N-dealkylation sites (N-methyl/N-ethyl adjacent to an activating group) is 2. The lowest BCUT2D eigenvalue weighted by Gasteiger charge is -2.50. The molecule has 7 rings (SSSR count). The van der Waals surface area contributed by atoms with E-state index in [2.05, 4.69) is 65.7 Å². The van der Waals surface area contributed by atoms with E-state index in [9.17, 15) is 9.59 Å². The first-order valence-electron chi connectivity index (χ1n) is 13.7. The number of nitrogens with zero attached hydrogens (tertiary/aromatic N) is 3. The molecule has 204 valence electrons. The highest BCUT2D eigenvalue weighted by Crippen LogP contribution is 2.61. The predicted molar refractivity (Wildman–Crippen MR) is 161 cm³/mol. The summed E-state index contributed by atoms with van der Waals surface area (Å²) < 4.78 is 0. The molecule has 0 aliphatic heterocycles. The van der Waals surface area contributed by atoms with Crippen LogP contribution in [0.15, 0.2) is 78.2 Å². The minimum atomic E-state index is -0.595. The van der Waals surface area contributed by atoms with Gasteiger partial charge in [-0.25, -0.2) is 4.98 Å². The van der Waals surface area contributed by atoms with Crippen LogP contribution in [-0.4, -0.2) is 60.8 Å². The number of hydrogen-bond donors (Lipinski definition) is 1. The van der Waals surface area contributed by atoms with Gasteiger partial charge in [-0.15, -0.1) is 11.3 Å². The number of benzene rings is 3. The van der Waals surface area contributed by atoms with Crippen molar-refractivity contribution in [3.8, 4) is 11.3 Å². The van der Waals surface area contributed by atoms with Crippen LogP contribution in [0.2, 0.25) is 0 Å². The Morgan fingerprint density at radius 1 is 0.925 bits per heavy atom. The molecule has 0 radical (unpaired) electrons. The van der Waals surface area contributed by atoms with Crippen molar-refractivity contribution < 1.29 is 9.59 Å². The fourth-order valence-electron chi connectivity index (χ4n) is 6.38. The summed E-state index contributed by atoms with van der Waals surface area (Å²) in [6.07, 6.45) is 0.765. The summed E-state index contributed by atoms with van der Waals surface area (Å²) in [5.41, 5.74) is 6.83. The molecule has 6 nitrogen and oxygen atoms in total. The number of nitrogens with one attached hydrogen (secondary N) is 1. The lowest BCUT2D eigenvalue weighted by atomic mass is 9.52. The van der Waals surface area contributed by atoms with Gasteiger partial charge in [0, 0.05) is 48.5 Å². The van der Waals surface area contributed by atoms with E-state index in [4.69, 9.17) is 4.98 Å². The molecule has 1 unspecified atom stereocenters. The quantitative estimate of drug-likeness (QED) is 0.303. The number of rotatable bonds is 7. The van der Waals surface area contributed by atoms with E-state index in [1.807, 2.05) is 50.8 Å². The summed E-state index contributed by atoms with van der Waals surface area (Å²) in [6.45, 7) is 3.55. The molecule has 0 fully saturated rings. The van der Waals surface area contributed by atoms with Gasteiger partial charge in [-0.2, -0.15) is 0 Å². The molecule has 3 aromatic carbocycles. The molecule has 1 N–H and O–H groups in total. The number of carbonyl (C=O) groups is 2. The Bertz CT molecular complexity index is 1550. The summed E-state index contributed by atoms with van der Waals surface area (Å²) in [4.78, 5) is 35.5. The van der Waals surface area contributed by atoms with Gasteiger partial charge < -0.3 is 15.1 Å². The zero-order chi connectivity index (χ0) is 28.0. The standard InChI is InChI=1S/C33H34N4O2S/c1-33(19-27-23-12-5-7-14-25(23)29(33)26-15-8-6-13-24(26)27)31(39)35-32-34-28(20-40-32)21-10-9-11-22(18-21)30(38)37(4)17-16-36(2)3/h5-15,18,20,27,29H,16-17,19H2,1-4H3,(H,34,35,39). The highest BCUT2D eigenvalue weighted by molar-refractivity contribution is 7.14. The summed E-state index contributed by atoms with van der Waals surface area (Å²) >= 11 is 1.41. The van der Waals surface area contributed by atoms with Crippen molar-refractivity contribution in [2.45, 2.75) is 25.2 Å². The van der Waals surface area contributed by atoms with E-state index in [0.717, 1.165) is 24.2 Å². The molecule has 4 aromatic rings. The largest absolute Gasteiger partial charge is 0.340 e. The second-order valence-electron chi connectivity index (χ2n) is 11.5. The topological polar surface area (TPSA) is 65.5 Å². The SMILES string of the molecule is CN(C)CCN(C)C(=O)c1cccc(-c2csc(NC(=O)C3(C)CC4c5ccccc5C3c3ccccc34)n2)c1. The van der Waals surface area contributed by atoms with Gasteiger partial charge in [-0.3, -0.25) is 9.59 Å². The first-order chi connectivity index (χ1) is 19.3. The molecule has 0 saturated carbocycles. The molecular weight excluding hydrogens is 516 g/mol. The highest BCUT2D eigenvalue weighted by atomic mass is 32.1. The molecule has 0 spiro atoms. The van der Waals surface area contributed by atoms with Crippen LogP contribution in [0.3, 0.4) is 0 Å². The molecule has 2 amide bonds. The average Bonchev–Trinajstić information content (AvgIpc) is 3.44. The maximum absolute atomic E-state index is 14.0. The van der Waals surface area contributed by atoms with Crippen molar-refractivity contribution in [3.05, 3.63) is 106 Å². The number of thiazole rings is 1. The summed E-state index contributed by atoms with van der Waals surface area (Å²) in [5.74, 6) is 0.180. The van der Waals surface area contributed by atoms with Crippen LogP contribution in [-0.2, 0) is 4.79 Å². The number of hydrogen-bond acceptors (Lipinski definition) is 5. The zero-order valence-electron chi connectivity index (χ0n) is 23.3. The van der Waals surface area contributed by atoms with Crippen molar-refractivity contribution in [2.75, 3.05) is 39.5 Å². The van der Waals surface area contributed by atoms with Crippen LogP contribution in [0.1, 0.15) is 57.8 Å². The van der Waals surface area contributed by atoms with Crippen molar-refractivity contribution in [1.82, 2.24) is 14.8 Å². The van der Waals surface area contributed by atoms with Crippen molar-refractivity contribution >= 4 is 28.3 Å². The Balaban J connectivity index is 1.23. The number of anilines is 1. The molecule has 1 heterocycles. The van der Waals surface area contributed by atoms with E-state index < -0.39 is 5.41 Å². The molecule has 3 aliphatic carbocycles. The van der Waals surface area contributed by atoms with E-state index >= 15 is 0 Å². The number of fused-ring (bicyclic) bond motifs is 1. The Kier molecular flexibility index (Phi) is 6.80. The van der Waals surface area contributed by atoms with Crippen LogP contribution in [0.25, 0.3) is 11.3 Å². The third kappa shape index (κ3) is 4.53. The fourth-order valence-corrected chi connectivity index (χ4v) is 7.09.